The summed E-state index contributed by atoms with van der Waals surface area (Å²) in [7, 11) is 1.50. The molecular formula is C10H23NO2Si. The number of rotatable bonds is 3. The number of hydrogen-bond donors (Lipinski definition) is 0. The van der Waals surface area contributed by atoms with E-state index in [4.69, 9.17) is 8.85 Å². The van der Waals surface area contributed by atoms with Crippen LogP contribution in [0.5, 0.6) is 0 Å². The lowest BCUT2D eigenvalue weighted by Gasteiger charge is -2.47. The summed E-state index contributed by atoms with van der Waals surface area (Å²) in [6, 6.07) is 0.518. The zero-order chi connectivity index (χ0) is 10.8. The smallest absolute Gasteiger partial charge is 0.386 e. The molecule has 14 heavy (non-hydrogen) atoms. The molecule has 1 heterocycles. The zero-order valence-electron chi connectivity index (χ0n) is 10.0. The average molecular weight is 217 g/mol. The molecule has 1 rings (SSSR count). The van der Waals surface area contributed by atoms with Gasteiger partial charge in [0, 0.05) is 25.8 Å². The van der Waals surface area contributed by atoms with E-state index in [2.05, 4.69) is 25.3 Å². The van der Waals surface area contributed by atoms with Gasteiger partial charge >= 0.3 is 8.72 Å². The summed E-state index contributed by atoms with van der Waals surface area (Å²) in [6.45, 7) is 7.82. The molecule has 1 fully saturated rings. The van der Waals surface area contributed by atoms with Crippen molar-refractivity contribution in [3.05, 3.63) is 0 Å². The molecule has 0 saturated carbocycles. The van der Waals surface area contributed by atoms with Crippen LogP contribution in [-0.4, -0.2) is 40.1 Å². The monoisotopic (exact) mass is 217 g/mol. The Kier molecular flexibility index (Phi) is 4.12. The Morgan fingerprint density at radius 3 is 2.21 bits per heavy atom. The molecule has 1 atom stereocenters. The van der Waals surface area contributed by atoms with Gasteiger partial charge in [0.15, 0.2) is 0 Å². The van der Waals surface area contributed by atoms with Crippen LogP contribution in [0.1, 0.15) is 33.6 Å². The topological polar surface area (TPSA) is 21.7 Å². The summed E-state index contributed by atoms with van der Waals surface area (Å²) in [4.78, 5) is 0. The second kappa shape index (κ2) is 4.75. The van der Waals surface area contributed by atoms with Gasteiger partial charge in [-0.2, -0.15) is 0 Å². The molecule has 1 aliphatic rings. The molecule has 1 aliphatic heterocycles. The van der Waals surface area contributed by atoms with Crippen LogP contribution in [0.15, 0.2) is 0 Å². The third-order valence-corrected chi connectivity index (χ3v) is 7.51. The van der Waals surface area contributed by atoms with Gasteiger partial charge in [-0.15, -0.1) is 0 Å². The first-order valence-corrected chi connectivity index (χ1v) is 7.29. The lowest BCUT2D eigenvalue weighted by molar-refractivity contribution is 0.116. The van der Waals surface area contributed by atoms with Crippen LogP contribution in [0.4, 0.5) is 0 Å². The summed E-state index contributed by atoms with van der Waals surface area (Å²) in [5.41, 5.74) is 0.564. The van der Waals surface area contributed by atoms with E-state index < -0.39 is 8.72 Å². The quantitative estimate of drug-likeness (QED) is 0.676. The molecule has 1 unspecified atom stereocenters. The molecule has 3 nitrogen and oxygen atoms in total. The molecule has 4 heteroatoms. The van der Waals surface area contributed by atoms with Gasteiger partial charge in [0.25, 0.3) is 0 Å². The highest BCUT2D eigenvalue weighted by atomic mass is 28.4. The van der Waals surface area contributed by atoms with Crippen LogP contribution in [0.3, 0.4) is 0 Å². The fourth-order valence-electron chi connectivity index (χ4n) is 2.53. The van der Waals surface area contributed by atoms with Crippen molar-refractivity contribution in [1.29, 1.82) is 0 Å². The summed E-state index contributed by atoms with van der Waals surface area (Å²) in [5, 5.41) is 0. The summed E-state index contributed by atoms with van der Waals surface area (Å²) < 4.78 is 14.0. The van der Waals surface area contributed by atoms with Gasteiger partial charge < -0.3 is 8.85 Å². The van der Waals surface area contributed by atoms with Crippen LogP contribution in [0.25, 0.3) is 0 Å². The van der Waals surface area contributed by atoms with Crippen LogP contribution in [0, 0.1) is 0 Å². The van der Waals surface area contributed by atoms with E-state index in [0.717, 1.165) is 6.54 Å². The summed E-state index contributed by atoms with van der Waals surface area (Å²) >= 11 is 0. The highest BCUT2D eigenvalue weighted by molar-refractivity contribution is 6.66. The third-order valence-electron chi connectivity index (χ3n) is 3.27. The van der Waals surface area contributed by atoms with E-state index in [9.17, 15) is 0 Å². The highest BCUT2D eigenvalue weighted by Crippen LogP contribution is 2.36. The fourth-order valence-corrected chi connectivity index (χ4v) is 6.29. The second-order valence-corrected chi connectivity index (χ2v) is 8.01. The molecule has 0 radical (unpaired) electrons. The zero-order valence-corrected chi connectivity index (χ0v) is 11.0. The first-order chi connectivity index (χ1) is 6.58. The Bertz CT molecular complexity index is 183. The van der Waals surface area contributed by atoms with Gasteiger partial charge in [-0.25, -0.2) is 0 Å². The van der Waals surface area contributed by atoms with Gasteiger partial charge in [-0.1, -0.05) is 20.8 Å². The highest BCUT2D eigenvalue weighted by Gasteiger charge is 2.51. The van der Waals surface area contributed by atoms with Crippen molar-refractivity contribution in [2.45, 2.75) is 45.2 Å². The van der Waals surface area contributed by atoms with E-state index in [-0.39, 0.29) is 0 Å². The number of nitrogens with zero attached hydrogens (tertiary/aromatic N) is 1. The first-order valence-electron chi connectivity index (χ1n) is 5.45. The van der Waals surface area contributed by atoms with E-state index in [0.29, 0.717) is 11.6 Å². The van der Waals surface area contributed by atoms with E-state index in [1.54, 1.807) is 14.2 Å². The van der Waals surface area contributed by atoms with Gasteiger partial charge in [0.1, 0.15) is 0 Å². The van der Waals surface area contributed by atoms with Crippen molar-refractivity contribution in [3.8, 4) is 0 Å². The lowest BCUT2D eigenvalue weighted by atomic mass is 10.2. The maximum atomic E-state index is 5.76. The fraction of sp³-hybridized carbons (Fsp3) is 1.00. The Hall–Kier alpha value is 0.0969. The van der Waals surface area contributed by atoms with Gasteiger partial charge in [0.2, 0.25) is 0 Å². The minimum Gasteiger partial charge on any atom is -0.386 e. The Morgan fingerprint density at radius 2 is 1.86 bits per heavy atom. The molecule has 0 spiro atoms. The van der Waals surface area contributed by atoms with Crippen LogP contribution in [0.2, 0.25) is 5.54 Å². The Labute approximate surface area is 88.7 Å². The van der Waals surface area contributed by atoms with Gasteiger partial charge in [0.05, 0.1) is 0 Å². The van der Waals surface area contributed by atoms with E-state index in [1.165, 1.54) is 12.8 Å². The summed E-state index contributed by atoms with van der Waals surface area (Å²) in [6.07, 6.45) is 2.50. The molecule has 0 amide bonds. The molecule has 0 aliphatic carbocycles. The predicted molar refractivity (Wildman–Crippen MR) is 60.3 cm³/mol. The van der Waals surface area contributed by atoms with Crippen molar-refractivity contribution in [2.75, 3.05) is 20.8 Å². The van der Waals surface area contributed by atoms with Crippen LogP contribution < -0.4 is 0 Å². The molecule has 1 saturated heterocycles. The van der Waals surface area contributed by atoms with Crippen molar-refractivity contribution in [2.24, 2.45) is 0 Å². The molecule has 0 bridgehead atoms. The Balaban J connectivity index is 2.89. The van der Waals surface area contributed by atoms with Crippen LogP contribution in [-0.2, 0) is 8.85 Å². The Morgan fingerprint density at radius 1 is 1.29 bits per heavy atom. The predicted octanol–water partition coefficient (Wildman–Crippen LogP) is 2.11. The molecular weight excluding hydrogens is 194 g/mol. The standard InChI is InChI=1S/C10H23NO2Si/c1-9(2)11-8-6-7-10(3)14(11,12-4)13-5/h9-10H,6-8H2,1-5H3. The van der Waals surface area contributed by atoms with E-state index in [1.807, 2.05) is 0 Å². The first kappa shape index (κ1) is 12.2. The number of hydrogen-bond acceptors (Lipinski definition) is 3. The lowest BCUT2D eigenvalue weighted by Crippen LogP contribution is -2.64. The molecule has 0 N–H and O–H groups in total. The second-order valence-electron chi connectivity index (χ2n) is 4.37. The van der Waals surface area contributed by atoms with Crippen LogP contribution >= 0.6 is 0 Å². The molecule has 0 aromatic carbocycles. The third kappa shape index (κ3) is 1.89. The van der Waals surface area contributed by atoms with Crippen molar-refractivity contribution in [3.63, 3.8) is 0 Å². The largest absolute Gasteiger partial charge is 0.430 e. The maximum Gasteiger partial charge on any atom is 0.430 e. The SMILES string of the molecule is CO[Si]1(OC)C(C)CCCN1C(C)C. The average Bonchev–Trinajstić information content (AvgIpc) is 2.17. The summed E-state index contributed by atoms with van der Waals surface area (Å²) in [5.74, 6) is 0. The van der Waals surface area contributed by atoms with E-state index >= 15 is 0 Å². The normalized spacial score (nSPS) is 28.3. The molecule has 0 aromatic heterocycles. The van der Waals surface area contributed by atoms with Crippen molar-refractivity contribution >= 4 is 8.72 Å². The molecule has 84 valence electrons. The van der Waals surface area contributed by atoms with Crippen molar-refractivity contribution in [1.82, 2.24) is 4.57 Å². The minimum atomic E-state index is -2.09. The van der Waals surface area contributed by atoms with Crippen molar-refractivity contribution < 1.29 is 8.85 Å². The molecule has 0 aromatic rings. The van der Waals surface area contributed by atoms with Gasteiger partial charge in [-0.05, 0) is 19.4 Å². The minimum absolute atomic E-state index is 0.518. The van der Waals surface area contributed by atoms with Gasteiger partial charge in [-0.3, -0.25) is 4.57 Å². The maximum absolute atomic E-state index is 5.76.